The van der Waals surface area contributed by atoms with E-state index in [4.69, 9.17) is 4.74 Å². The molecule has 21 heavy (non-hydrogen) atoms. The number of alkyl halides is 1. The third-order valence-electron chi connectivity index (χ3n) is 3.12. The molecule has 9 nitrogen and oxygen atoms in total. The molecule has 1 aromatic heterocycles. The van der Waals surface area contributed by atoms with Crippen molar-refractivity contribution in [1.29, 1.82) is 0 Å². The molecule has 1 aliphatic rings. The first-order valence-corrected chi connectivity index (χ1v) is 7.21. The van der Waals surface area contributed by atoms with Gasteiger partial charge in [0.2, 0.25) is 5.91 Å². The molecule has 0 aliphatic carbocycles. The summed E-state index contributed by atoms with van der Waals surface area (Å²) in [7, 11) is 0. The molecule has 1 saturated heterocycles. The van der Waals surface area contributed by atoms with E-state index < -0.39 is 48.2 Å². The lowest BCUT2D eigenvalue weighted by molar-refractivity contribution is -0.120. The van der Waals surface area contributed by atoms with Crippen molar-refractivity contribution in [2.24, 2.45) is 0 Å². The van der Waals surface area contributed by atoms with Gasteiger partial charge in [0.15, 0.2) is 6.23 Å². The summed E-state index contributed by atoms with van der Waals surface area (Å²) in [6.07, 6.45) is -1.98. The maximum Gasteiger partial charge on any atom is 0.330 e. The zero-order valence-electron chi connectivity index (χ0n) is 10.7. The number of H-pyrrole nitrogens is 1. The third-order valence-corrected chi connectivity index (χ3v) is 3.63. The number of nitrogens with one attached hydrogen (secondary N) is 2. The molecule has 1 amide bonds. The van der Waals surface area contributed by atoms with Crippen LogP contribution in [0.3, 0.4) is 0 Å². The van der Waals surface area contributed by atoms with Gasteiger partial charge >= 0.3 is 5.69 Å². The Kier molecular flexibility index (Phi) is 4.93. The molecule has 2 rings (SSSR count). The molecule has 1 fully saturated rings. The van der Waals surface area contributed by atoms with Crippen molar-refractivity contribution < 1.29 is 19.7 Å². The number of hydrogen-bond donors (Lipinski definition) is 4. The van der Waals surface area contributed by atoms with Crippen LogP contribution in [0, 0.1) is 0 Å². The molecule has 0 bridgehead atoms. The van der Waals surface area contributed by atoms with Crippen molar-refractivity contribution in [3.05, 3.63) is 33.1 Å². The number of halogens is 1. The predicted octanol–water partition coefficient (Wildman–Crippen LogP) is -2.33. The van der Waals surface area contributed by atoms with E-state index in [9.17, 15) is 24.6 Å². The topological polar surface area (TPSA) is 134 Å². The molecule has 0 aromatic carbocycles. The Morgan fingerprint density at radius 1 is 1.52 bits per heavy atom. The number of ether oxygens (including phenoxy) is 1. The lowest BCUT2D eigenvalue weighted by Crippen LogP contribution is -2.48. The van der Waals surface area contributed by atoms with Gasteiger partial charge in [0.25, 0.3) is 5.56 Å². The van der Waals surface area contributed by atoms with E-state index in [1.54, 1.807) is 0 Å². The molecule has 1 unspecified atom stereocenters. The molecule has 0 saturated carbocycles. The van der Waals surface area contributed by atoms with Crippen molar-refractivity contribution >= 4 is 21.8 Å². The number of carbonyl (C=O) groups excluding carboxylic acids is 1. The second kappa shape index (κ2) is 6.52. The fourth-order valence-electron chi connectivity index (χ4n) is 2.14. The summed E-state index contributed by atoms with van der Waals surface area (Å²) in [5, 5.41) is 21.8. The van der Waals surface area contributed by atoms with Crippen LogP contribution in [0.4, 0.5) is 0 Å². The van der Waals surface area contributed by atoms with E-state index >= 15 is 0 Å². The number of nitrogens with zero attached hydrogens (tertiary/aromatic N) is 1. The predicted molar refractivity (Wildman–Crippen MR) is 74.0 cm³/mol. The fourth-order valence-corrected chi connectivity index (χ4v) is 2.30. The van der Waals surface area contributed by atoms with Crippen LogP contribution in [0.2, 0.25) is 0 Å². The monoisotopic (exact) mass is 363 g/mol. The van der Waals surface area contributed by atoms with Gasteiger partial charge < -0.3 is 20.3 Å². The first-order valence-electron chi connectivity index (χ1n) is 6.09. The summed E-state index contributed by atoms with van der Waals surface area (Å²) in [5.74, 6) is -0.413. The Balaban J connectivity index is 2.36. The molecule has 10 heteroatoms. The molecular weight excluding hydrogens is 350 g/mol. The molecule has 4 atom stereocenters. The summed E-state index contributed by atoms with van der Waals surface area (Å²) < 4.78 is 6.44. The Morgan fingerprint density at radius 2 is 2.24 bits per heavy atom. The standard InChI is InChI=1S/C11H14BrN3O6/c12-3-7(18)13-8-9(19)5(4-16)21-10(8)15-2-1-6(17)14-11(15)20/h1-2,5,8-10,16,19H,3-4H2,(H,13,18)(H,14,17,20)/t5-,8?,9-,10-/m1/s1. The average Bonchev–Trinajstić information content (AvgIpc) is 2.76. The zero-order chi connectivity index (χ0) is 15.6. The highest BCUT2D eigenvalue weighted by Crippen LogP contribution is 2.28. The van der Waals surface area contributed by atoms with Gasteiger partial charge in [-0.15, -0.1) is 0 Å². The minimum Gasteiger partial charge on any atom is -0.394 e. The number of hydrogen-bond acceptors (Lipinski definition) is 6. The molecule has 4 N–H and O–H groups in total. The van der Waals surface area contributed by atoms with Crippen LogP contribution >= 0.6 is 15.9 Å². The lowest BCUT2D eigenvalue weighted by atomic mass is 10.1. The molecule has 1 aromatic rings. The number of aliphatic hydroxyl groups excluding tert-OH is 2. The summed E-state index contributed by atoms with van der Waals surface area (Å²) in [4.78, 5) is 36.4. The molecule has 0 spiro atoms. The van der Waals surface area contributed by atoms with Gasteiger partial charge in [0.05, 0.1) is 11.9 Å². The third kappa shape index (κ3) is 3.23. The maximum atomic E-state index is 11.8. The van der Waals surface area contributed by atoms with Crippen molar-refractivity contribution in [2.45, 2.75) is 24.5 Å². The summed E-state index contributed by atoms with van der Waals surface area (Å²) >= 11 is 2.97. The SMILES string of the molecule is O=C(CBr)NC1[C@H](n2ccc(=O)[nH]c2=O)O[C@H](CO)[C@H]1O. The van der Waals surface area contributed by atoms with Gasteiger partial charge in [-0.05, 0) is 0 Å². The van der Waals surface area contributed by atoms with Gasteiger partial charge in [-0.25, -0.2) is 4.79 Å². The minimum atomic E-state index is -1.19. The second-order valence-electron chi connectivity index (χ2n) is 4.48. The Hall–Kier alpha value is -1.49. The van der Waals surface area contributed by atoms with Gasteiger partial charge in [-0.2, -0.15) is 0 Å². The highest BCUT2D eigenvalue weighted by molar-refractivity contribution is 9.09. The smallest absolute Gasteiger partial charge is 0.330 e. The van der Waals surface area contributed by atoms with Crippen LogP contribution in [0.5, 0.6) is 0 Å². The quantitative estimate of drug-likeness (QED) is 0.443. The first-order chi connectivity index (χ1) is 9.97. The van der Waals surface area contributed by atoms with Gasteiger partial charge in [-0.3, -0.25) is 19.1 Å². The van der Waals surface area contributed by atoms with Gasteiger partial charge in [0, 0.05) is 12.3 Å². The number of aromatic nitrogens is 2. The molecular formula is C11H14BrN3O6. The minimum absolute atomic E-state index is 0.00720. The second-order valence-corrected chi connectivity index (χ2v) is 5.04. The van der Waals surface area contributed by atoms with Crippen LogP contribution < -0.4 is 16.6 Å². The summed E-state index contributed by atoms with van der Waals surface area (Å²) in [6, 6.07) is 0.183. The van der Waals surface area contributed by atoms with Gasteiger partial charge in [-0.1, -0.05) is 15.9 Å². The average molecular weight is 364 g/mol. The number of aromatic amines is 1. The van der Waals surface area contributed by atoms with Crippen molar-refractivity contribution in [2.75, 3.05) is 11.9 Å². The van der Waals surface area contributed by atoms with Gasteiger partial charge in [0.1, 0.15) is 18.2 Å². The van der Waals surface area contributed by atoms with Crippen molar-refractivity contribution in [3.63, 3.8) is 0 Å². The van der Waals surface area contributed by atoms with E-state index in [0.717, 1.165) is 10.6 Å². The highest BCUT2D eigenvalue weighted by atomic mass is 79.9. The van der Waals surface area contributed by atoms with Crippen LogP contribution in [0.1, 0.15) is 6.23 Å². The van der Waals surface area contributed by atoms with Crippen LogP contribution in [0.25, 0.3) is 0 Å². The Labute approximate surface area is 126 Å². The molecule has 0 radical (unpaired) electrons. The Bertz CT molecular complexity index is 629. The Morgan fingerprint density at radius 3 is 2.81 bits per heavy atom. The maximum absolute atomic E-state index is 11.8. The van der Waals surface area contributed by atoms with E-state index in [1.165, 1.54) is 6.20 Å². The number of aliphatic hydroxyl groups is 2. The van der Waals surface area contributed by atoms with Crippen LogP contribution in [-0.2, 0) is 9.53 Å². The number of carbonyl (C=O) groups is 1. The van der Waals surface area contributed by atoms with Crippen LogP contribution in [0.15, 0.2) is 21.9 Å². The molecule has 2 heterocycles. The molecule has 116 valence electrons. The highest BCUT2D eigenvalue weighted by Gasteiger charge is 2.45. The first kappa shape index (κ1) is 15.9. The van der Waals surface area contributed by atoms with E-state index in [1.807, 2.05) is 0 Å². The normalized spacial score (nSPS) is 28.5. The number of rotatable bonds is 4. The summed E-state index contributed by atoms with van der Waals surface area (Å²) in [6.45, 7) is -0.476. The number of amides is 1. The van der Waals surface area contributed by atoms with E-state index in [2.05, 4.69) is 26.2 Å². The summed E-state index contributed by atoms with van der Waals surface area (Å²) in [5.41, 5.74) is -1.31. The van der Waals surface area contributed by atoms with E-state index in [-0.39, 0.29) is 5.33 Å². The lowest BCUT2D eigenvalue weighted by Gasteiger charge is -2.22. The zero-order valence-corrected chi connectivity index (χ0v) is 12.3. The fraction of sp³-hybridized carbons (Fsp3) is 0.545. The van der Waals surface area contributed by atoms with Crippen molar-refractivity contribution in [3.8, 4) is 0 Å². The molecule has 1 aliphatic heterocycles. The van der Waals surface area contributed by atoms with E-state index in [0.29, 0.717) is 0 Å². The largest absolute Gasteiger partial charge is 0.394 e. The van der Waals surface area contributed by atoms with Crippen molar-refractivity contribution in [1.82, 2.24) is 14.9 Å². The van der Waals surface area contributed by atoms with Crippen LogP contribution in [-0.4, -0.2) is 55.9 Å².